The Balaban J connectivity index is -0.00000363. The first kappa shape index (κ1) is 91.7. The van der Waals surface area contributed by atoms with Crippen molar-refractivity contribution in [3.8, 4) is 0 Å². The number of unbranched alkanes of at least 4 members (excludes halogenated alkanes) is 2. The number of aliphatic hydroxyl groups excluding tert-OH is 1. The predicted octanol–water partition coefficient (Wildman–Crippen LogP) is 2.02. The van der Waals surface area contributed by atoms with Gasteiger partial charge in [-0.15, -0.1) is 0 Å². The fraction of sp³-hybridized carbons (Fsp3) is 0.631. The van der Waals surface area contributed by atoms with Gasteiger partial charge in [0, 0.05) is 50.2 Å². The predicted molar refractivity (Wildman–Crippen MR) is 382 cm³/mol. The van der Waals surface area contributed by atoms with Crippen molar-refractivity contribution in [2.75, 3.05) is 96.9 Å². The van der Waals surface area contributed by atoms with Gasteiger partial charge in [0.05, 0.1) is 45.2 Å². The van der Waals surface area contributed by atoms with E-state index < -0.39 is 140 Å². The second kappa shape index (κ2) is 57.9. The van der Waals surface area contributed by atoms with Crippen molar-refractivity contribution in [2.24, 2.45) is 17.4 Å². The van der Waals surface area contributed by atoms with Gasteiger partial charge in [0.25, 0.3) is 0 Å². The molecule has 5 unspecified atom stereocenters. The number of β-amino-alcohol motifs (C(OH)–C–C–N with tert-alkyl or cyclic N) is 1. The first-order chi connectivity index (χ1) is 45.2. The second-order valence-corrected chi connectivity index (χ2v) is 24.7. The molecule has 1 heterocycles. The zero-order chi connectivity index (χ0) is 72.7. The summed E-state index contributed by atoms with van der Waals surface area (Å²) in [5, 5.41) is 45.8. The highest BCUT2D eigenvalue weighted by Gasteiger charge is 2.33. The summed E-state index contributed by atoms with van der Waals surface area (Å²) in [6.45, 7) is 22.8. The summed E-state index contributed by atoms with van der Waals surface area (Å²) in [5.74, 6) is -8.80. The highest BCUT2D eigenvalue weighted by atomic mass is 33.1. The lowest BCUT2D eigenvalue weighted by Gasteiger charge is -2.31. The Kier molecular flexibility index (Phi) is 55.8. The van der Waals surface area contributed by atoms with Gasteiger partial charge in [0.15, 0.2) is 0 Å². The fourth-order valence-electron chi connectivity index (χ4n) is 8.19. The van der Waals surface area contributed by atoms with Gasteiger partial charge < -0.3 is 84.9 Å². The number of nitrogens with one attached hydrogen (secondary N) is 12. The standard InChI is InChI=1S/C49H82N12O12S2.C8H11N.C4H11N.C3H8.CH4N2/c1-9-14-19-38(63)58-37-30-75-74-29-36(45(50)69)57-41(66)25-54-48(72)44(31(6)12-4)59-42(67)27-61(26-32(7)62)43(68)28-60(21-11-3)49(73)35(22-33(13-5)17-10-2)56-40(65)24-52-46(70)34(18-15-16-20-51-8)55-39(64)23-53-47(37)71;1-7-3-5-8(9-2)6-4-7;1-3-4-5-2;1-3-2;2-1-3/h10,13,17,31-32,34-37,44,51,62H,2,5,9,11-12,14-16,18-30H2,1,3-4,6-8H3,(H2,50,69)(H,52,70)(H,53,71)(H,54,72)(H,55,64)(H,56,65)(H,57,66)(H,58,63)(H,59,67);3-6,9H,1-2H3;5H,3-4H2,1-2H3;3H2,1-2H3;1H,(H3,2,3)/b33-17+;;;;/t31?,32?,34-,35-,36?,37?,44?;;;;/m0..../s1. The second-order valence-electron chi connectivity index (χ2n) is 22.1. The zero-order valence-electron chi connectivity index (χ0n) is 58.4. The summed E-state index contributed by atoms with van der Waals surface area (Å²) in [7, 11) is 7.76. The molecule has 95 heavy (non-hydrogen) atoms. The first-order valence-electron chi connectivity index (χ1n) is 32.5. The van der Waals surface area contributed by atoms with Crippen LogP contribution in [0.15, 0.2) is 61.2 Å². The van der Waals surface area contributed by atoms with E-state index in [0.717, 1.165) is 39.4 Å². The van der Waals surface area contributed by atoms with Gasteiger partial charge in [-0.05, 0) is 103 Å². The Morgan fingerprint density at radius 3 is 1.78 bits per heavy atom. The SMILES string of the molecule is C=C/C=C(\C=C)C[C@@H]1NC(=O)CNC(=O)[C@H](CCCCNC)NC(=O)CNC(=O)C(NC(=O)CCCC)CSSCC(C(N)=O)NC(=O)CNC(=O)C(C(C)CC)NC(=O)CN(CC(C)O)C(=O)CN(CCC)C1=O.CCC.CCCNC.CNc1ccc(C)cc1.N=CN. The van der Waals surface area contributed by atoms with Crippen LogP contribution in [0.25, 0.3) is 0 Å². The van der Waals surface area contributed by atoms with Crippen LogP contribution in [-0.4, -0.2) is 214 Å². The van der Waals surface area contributed by atoms with Gasteiger partial charge in [-0.1, -0.05) is 138 Å². The number of anilines is 1. The van der Waals surface area contributed by atoms with Crippen LogP contribution in [0, 0.1) is 18.3 Å². The summed E-state index contributed by atoms with van der Waals surface area (Å²) in [6.07, 6.45) is 9.83. The highest BCUT2D eigenvalue weighted by molar-refractivity contribution is 8.76. The summed E-state index contributed by atoms with van der Waals surface area (Å²) in [5.41, 5.74) is 12.9. The number of carbonyl (C=O) groups excluding carboxylic acids is 11. The number of aryl methyl sites for hydroxylation is 1. The normalized spacial score (nSPS) is 19.4. The Morgan fingerprint density at radius 1 is 0.726 bits per heavy atom. The molecule has 540 valence electrons. The number of nitrogens with zero attached hydrogens (tertiary/aromatic N) is 2. The van der Waals surface area contributed by atoms with E-state index in [1.54, 1.807) is 33.9 Å². The van der Waals surface area contributed by atoms with Gasteiger partial charge in [-0.3, -0.25) is 58.1 Å². The molecule has 2 rings (SSSR count). The molecule has 1 fully saturated rings. The molecule has 1 aliphatic heterocycles. The average Bonchev–Trinajstić information content (AvgIpc) is 0.959. The Morgan fingerprint density at radius 2 is 1.28 bits per heavy atom. The number of hydrogen-bond acceptors (Lipinski definition) is 18. The van der Waals surface area contributed by atoms with Crippen molar-refractivity contribution < 1.29 is 57.8 Å². The van der Waals surface area contributed by atoms with Crippen LogP contribution in [0.1, 0.15) is 132 Å². The molecule has 1 saturated heterocycles. The van der Waals surface area contributed by atoms with Crippen LogP contribution in [0.5, 0.6) is 0 Å². The van der Waals surface area contributed by atoms with E-state index in [1.165, 1.54) is 48.1 Å². The molecule has 1 aliphatic rings. The molecule has 28 nitrogen and oxygen atoms in total. The van der Waals surface area contributed by atoms with Crippen LogP contribution in [-0.2, 0) is 52.7 Å². The summed E-state index contributed by atoms with van der Waals surface area (Å²) in [4.78, 5) is 150. The van der Waals surface area contributed by atoms with E-state index in [4.69, 9.17) is 11.1 Å². The van der Waals surface area contributed by atoms with E-state index in [9.17, 15) is 57.8 Å². The number of aliphatic hydroxyl groups is 1. The summed E-state index contributed by atoms with van der Waals surface area (Å²) < 4.78 is 0. The van der Waals surface area contributed by atoms with Crippen molar-refractivity contribution in [3.63, 3.8) is 0 Å². The minimum absolute atomic E-state index is 0.0163. The number of benzene rings is 1. The van der Waals surface area contributed by atoms with Crippen LogP contribution in [0.3, 0.4) is 0 Å². The molecule has 17 N–H and O–H groups in total. The van der Waals surface area contributed by atoms with E-state index in [1.807, 2.05) is 21.0 Å². The molecule has 0 aromatic heterocycles. The van der Waals surface area contributed by atoms with E-state index in [2.05, 4.69) is 129 Å². The Bertz CT molecular complexity index is 2490. The van der Waals surface area contributed by atoms with E-state index >= 15 is 0 Å². The van der Waals surface area contributed by atoms with Crippen LogP contribution in [0.2, 0.25) is 0 Å². The minimum Gasteiger partial charge on any atom is -0.392 e. The van der Waals surface area contributed by atoms with E-state index in [0.29, 0.717) is 50.6 Å². The summed E-state index contributed by atoms with van der Waals surface area (Å²) >= 11 is 0. The molecule has 1 aromatic rings. The Labute approximate surface area is 572 Å². The molecule has 0 spiro atoms. The van der Waals surface area contributed by atoms with Crippen LogP contribution < -0.4 is 70.0 Å². The average molecular weight is 1380 g/mol. The molecule has 0 bridgehead atoms. The molecule has 30 heteroatoms. The van der Waals surface area contributed by atoms with Crippen LogP contribution in [0.4, 0.5) is 5.69 Å². The summed E-state index contributed by atoms with van der Waals surface area (Å²) in [6, 6.07) is 2.20. The maximum absolute atomic E-state index is 14.4. The first-order valence-corrected chi connectivity index (χ1v) is 35.0. The van der Waals surface area contributed by atoms with Crippen LogP contribution >= 0.6 is 21.6 Å². The number of allylic oxidation sites excluding steroid dienone is 3. The number of primary amides is 1. The molecular formula is C65H116N16O12S2. The fourth-order valence-corrected chi connectivity index (χ4v) is 10.5. The smallest absolute Gasteiger partial charge is 0.245 e. The maximum atomic E-state index is 14.4. The third-order valence-corrected chi connectivity index (χ3v) is 15.8. The molecule has 7 atom stereocenters. The van der Waals surface area contributed by atoms with Crippen molar-refractivity contribution >= 4 is 98.6 Å². The quantitative estimate of drug-likeness (QED) is 0.0245. The molecule has 11 amide bonds. The number of rotatable bonds is 23. The third kappa shape index (κ3) is 45.5. The number of carbonyl (C=O) groups is 11. The van der Waals surface area contributed by atoms with Gasteiger partial charge in [0.2, 0.25) is 65.0 Å². The number of hydrogen-bond donors (Lipinski definition) is 15. The van der Waals surface area contributed by atoms with Crippen molar-refractivity contribution in [2.45, 2.75) is 169 Å². The van der Waals surface area contributed by atoms with Crippen molar-refractivity contribution in [1.82, 2.24) is 63.0 Å². The minimum atomic E-state index is -1.32. The lowest BCUT2D eigenvalue weighted by atomic mass is 9.98. The highest BCUT2D eigenvalue weighted by Crippen LogP contribution is 2.23. The van der Waals surface area contributed by atoms with Gasteiger partial charge >= 0.3 is 0 Å². The van der Waals surface area contributed by atoms with Gasteiger partial charge in [-0.25, -0.2) is 0 Å². The monoisotopic (exact) mass is 1380 g/mol. The third-order valence-electron chi connectivity index (χ3n) is 13.4. The van der Waals surface area contributed by atoms with Gasteiger partial charge in [-0.2, -0.15) is 0 Å². The topological polar surface area (TPSA) is 423 Å². The number of nitrogens with two attached hydrogens (primary N) is 2. The lowest BCUT2D eigenvalue weighted by molar-refractivity contribution is -0.144. The van der Waals surface area contributed by atoms with Crippen molar-refractivity contribution in [3.05, 3.63) is 66.8 Å². The van der Waals surface area contributed by atoms with Crippen molar-refractivity contribution in [1.29, 1.82) is 5.41 Å². The zero-order valence-corrected chi connectivity index (χ0v) is 60.1. The van der Waals surface area contributed by atoms with E-state index in [-0.39, 0.29) is 43.9 Å². The molecule has 0 aliphatic carbocycles. The van der Waals surface area contributed by atoms with Gasteiger partial charge in [0.1, 0.15) is 30.2 Å². The molecule has 1 aromatic carbocycles. The Hall–Kier alpha value is -7.54. The number of amides is 11. The molecule has 0 radical (unpaired) electrons. The lowest BCUT2D eigenvalue weighted by Crippen LogP contribution is -2.56. The maximum Gasteiger partial charge on any atom is 0.245 e. The molecular weight excluding hydrogens is 1260 g/mol. The largest absolute Gasteiger partial charge is 0.392 e. The molecule has 0 saturated carbocycles.